The first kappa shape index (κ1) is 18.6. The number of anilines is 1. The summed E-state index contributed by atoms with van der Waals surface area (Å²) in [5.74, 6) is 0.0729. The number of amides is 1. The molecule has 7 heteroatoms. The van der Waals surface area contributed by atoms with Gasteiger partial charge in [0.1, 0.15) is 0 Å². The van der Waals surface area contributed by atoms with E-state index in [2.05, 4.69) is 16.1 Å². The molecule has 0 radical (unpaired) electrons. The average molecular weight is 373 g/mol. The first-order valence-corrected chi connectivity index (χ1v) is 10.1. The number of hydrogen-bond acceptors (Lipinski definition) is 4. The molecule has 1 aliphatic rings. The van der Waals surface area contributed by atoms with E-state index < -0.39 is 10.0 Å². The van der Waals surface area contributed by atoms with E-state index in [0.29, 0.717) is 5.69 Å². The van der Waals surface area contributed by atoms with Gasteiger partial charge in [0.05, 0.1) is 4.90 Å². The van der Waals surface area contributed by atoms with Crippen LogP contribution in [-0.4, -0.2) is 27.4 Å². The van der Waals surface area contributed by atoms with Gasteiger partial charge in [-0.1, -0.05) is 30.3 Å². The zero-order valence-corrected chi connectivity index (χ0v) is 15.4. The van der Waals surface area contributed by atoms with Crippen LogP contribution in [0, 0.1) is 12.8 Å². The Labute approximate surface area is 153 Å². The Morgan fingerprint density at radius 1 is 1.19 bits per heavy atom. The maximum atomic E-state index is 12.5. The molecule has 1 aliphatic carbocycles. The van der Waals surface area contributed by atoms with Crippen LogP contribution in [0.2, 0.25) is 0 Å². The molecule has 1 saturated carbocycles. The molecule has 2 unspecified atom stereocenters. The van der Waals surface area contributed by atoms with Crippen molar-refractivity contribution in [1.29, 1.82) is 0 Å². The third kappa shape index (κ3) is 4.12. The van der Waals surface area contributed by atoms with E-state index in [1.807, 2.05) is 25.1 Å². The second-order valence-electron chi connectivity index (χ2n) is 6.51. The summed E-state index contributed by atoms with van der Waals surface area (Å²) in [6.45, 7) is 2.43. The van der Waals surface area contributed by atoms with E-state index in [0.717, 1.165) is 6.42 Å². The van der Waals surface area contributed by atoms with Crippen LogP contribution in [0.1, 0.15) is 23.5 Å². The van der Waals surface area contributed by atoms with Crippen molar-refractivity contribution in [2.75, 3.05) is 18.4 Å². The lowest BCUT2D eigenvalue weighted by atomic mass is 10.0. The summed E-state index contributed by atoms with van der Waals surface area (Å²) in [4.78, 5) is 12.6. The van der Waals surface area contributed by atoms with Crippen LogP contribution in [0.5, 0.6) is 0 Å². The fourth-order valence-corrected chi connectivity index (χ4v) is 4.18. The Balaban J connectivity index is 1.68. The van der Waals surface area contributed by atoms with E-state index in [1.54, 1.807) is 12.1 Å². The number of nitrogens with one attached hydrogen (secondary N) is 2. The second-order valence-corrected chi connectivity index (χ2v) is 8.28. The van der Waals surface area contributed by atoms with Gasteiger partial charge in [0.15, 0.2) is 0 Å². The number of rotatable bonds is 7. The molecule has 0 saturated heterocycles. The molecular formula is C19H23N3O3S. The van der Waals surface area contributed by atoms with Crippen molar-refractivity contribution in [2.24, 2.45) is 11.7 Å². The number of carbonyl (C=O) groups excluding carboxylic acids is 1. The van der Waals surface area contributed by atoms with E-state index in [4.69, 9.17) is 5.73 Å². The molecule has 0 spiro atoms. The summed E-state index contributed by atoms with van der Waals surface area (Å²) in [5, 5.41) is 2.84. The third-order valence-corrected chi connectivity index (χ3v) is 6.02. The highest BCUT2D eigenvalue weighted by molar-refractivity contribution is 7.89. The average Bonchev–Trinajstić information content (AvgIpc) is 3.41. The SMILES string of the molecule is Cc1ccccc1C1CC1C(=O)Nc1cccc(S(=O)(=O)NCCN)c1. The van der Waals surface area contributed by atoms with Crippen LogP contribution < -0.4 is 15.8 Å². The number of nitrogens with two attached hydrogens (primary N) is 1. The summed E-state index contributed by atoms with van der Waals surface area (Å²) in [5.41, 5.74) is 8.20. The summed E-state index contributed by atoms with van der Waals surface area (Å²) < 4.78 is 26.8. The molecule has 2 aromatic carbocycles. The van der Waals surface area contributed by atoms with E-state index in [1.165, 1.54) is 23.3 Å². The van der Waals surface area contributed by atoms with Gasteiger partial charge in [-0.3, -0.25) is 4.79 Å². The summed E-state index contributed by atoms with van der Waals surface area (Å²) in [7, 11) is -3.63. The molecule has 4 N–H and O–H groups in total. The molecule has 3 rings (SSSR count). The molecule has 1 fully saturated rings. The molecule has 1 amide bonds. The van der Waals surface area contributed by atoms with Crippen molar-refractivity contribution in [1.82, 2.24) is 4.72 Å². The fraction of sp³-hybridized carbons (Fsp3) is 0.316. The van der Waals surface area contributed by atoms with Crippen LogP contribution in [0.4, 0.5) is 5.69 Å². The van der Waals surface area contributed by atoms with Gasteiger partial charge < -0.3 is 11.1 Å². The van der Waals surface area contributed by atoms with Gasteiger partial charge in [0.2, 0.25) is 15.9 Å². The molecule has 26 heavy (non-hydrogen) atoms. The Hall–Kier alpha value is -2.22. The monoisotopic (exact) mass is 373 g/mol. The lowest BCUT2D eigenvalue weighted by Gasteiger charge is -2.09. The van der Waals surface area contributed by atoms with Crippen molar-refractivity contribution >= 4 is 21.6 Å². The number of carbonyl (C=O) groups is 1. The Bertz CT molecular complexity index is 912. The van der Waals surface area contributed by atoms with Gasteiger partial charge in [-0.15, -0.1) is 0 Å². The lowest BCUT2D eigenvalue weighted by Crippen LogP contribution is -2.29. The summed E-state index contributed by atoms with van der Waals surface area (Å²) in [6.07, 6.45) is 0.812. The van der Waals surface area contributed by atoms with Crippen molar-refractivity contribution in [3.05, 3.63) is 59.7 Å². The normalized spacial score (nSPS) is 19.2. The van der Waals surface area contributed by atoms with Gasteiger partial charge in [0.25, 0.3) is 0 Å². The Morgan fingerprint density at radius 2 is 1.96 bits per heavy atom. The predicted octanol–water partition coefficient (Wildman–Crippen LogP) is 1.97. The van der Waals surface area contributed by atoms with Gasteiger partial charge >= 0.3 is 0 Å². The van der Waals surface area contributed by atoms with Crippen LogP contribution in [0.15, 0.2) is 53.4 Å². The van der Waals surface area contributed by atoms with Gasteiger partial charge in [-0.2, -0.15) is 0 Å². The van der Waals surface area contributed by atoms with Gasteiger partial charge in [-0.25, -0.2) is 13.1 Å². The molecular weight excluding hydrogens is 350 g/mol. The zero-order valence-electron chi connectivity index (χ0n) is 14.6. The van der Waals surface area contributed by atoms with E-state index in [-0.39, 0.29) is 35.7 Å². The minimum atomic E-state index is -3.63. The topological polar surface area (TPSA) is 101 Å². The Kier molecular flexibility index (Phi) is 5.41. The molecule has 2 aromatic rings. The Morgan fingerprint density at radius 3 is 2.69 bits per heavy atom. The lowest BCUT2D eigenvalue weighted by molar-refractivity contribution is -0.117. The molecule has 0 bridgehead atoms. The highest BCUT2D eigenvalue weighted by Crippen LogP contribution is 2.48. The molecule has 0 aromatic heterocycles. The molecule has 2 atom stereocenters. The highest BCUT2D eigenvalue weighted by atomic mass is 32.2. The van der Waals surface area contributed by atoms with Crippen molar-refractivity contribution in [2.45, 2.75) is 24.2 Å². The molecule has 138 valence electrons. The largest absolute Gasteiger partial charge is 0.329 e. The van der Waals surface area contributed by atoms with Crippen LogP contribution in [0.3, 0.4) is 0 Å². The smallest absolute Gasteiger partial charge is 0.240 e. The van der Waals surface area contributed by atoms with E-state index >= 15 is 0 Å². The third-order valence-electron chi connectivity index (χ3n) is 4.56. The minimum Gasteiger partial charge on any atom is -0.329 e. The van der Waals surface area contributed by atoms with Crippen LogP contribution >= 0.6 is 0 Å². The highest BCUT2D eigenvalue weighted by Gasteiger charge is 2.44. The van der Waals surface area contributed by atoms with Crippen molar-refractivity contribution in [3.8, 4) is 0 Å². The zero-order chi connectivity index (χ0) is 18.7. The van der Waals surface area contributed by atoms with Crippen molar-refractivity contribution < 1.29 is 13.2 Å². The second kappa shape index (κ2) is 7.57. The molecule has 0 heterocycles. The summed E-state index contributed by atoms with van der Waals surface area (Å²) >= 11 is 0. The predicted molar refractivity (Wildman–Crippen MR) is 101 cm³/mol. The molecule has 0 aliphatic heterocycles. The van der Waals surface area contributed by atoms with Gasteiger partial charge in [-0.05, 0) is 48.6 Å². The first-order valence-electron chi connectivity index (χ1n) is 8.58. The standard InChI is InChI=1S/C19H23N3O3S/c1-13-5-2-3-8-16(13)17-12-18(17)19(23)22-14-6-4-7-15(11-14)26(24,25)21-10-9-20/h2-8,11,17-18,21H,9-10,12,20H2,1H3,(H,22,23). The number of benzene rings is 2. The van der Waals surface area contributed by atoms with Gasteiger partial charge in [0, 0.05) is 24.7 Å². The maximum Gasteiger partial charge on any atom is 0.240 e. The van der Waals surface area contributed by atoms with Crippen LogP contribution in [-0.2, 0) is 14.8 Å². The maximum absolute atomic E-state index is 12.5. The fourth-order valence-electron chi connectivity index (χ4n) is 3.08. The van der Waals surface area contributed by atoms with Crippen molar-refractivity contribution in [3.63, 3.8) is 0 Å². The number of aryl methyl sites for hydroxylation is 1. The number of sulfonamides is 1. The first-order chi connectivity index (χ1) is 12.4. The summed E-state index contributed by atoms with van der Waals surface area (Å²) in [6, 6.07) is 14.3. The van der Waals surface area contributed by atoms with E-state index in [9.17, 15) is 13.2 Å². The number of hydrogen-bond donors (Lipinski definition) is 3. The minimum absolute atomic E-state index is 0.0771. The van der Waals surface area contributed by atoms with Crippen LogP contribution in [0.25, 0.3) is 0 Å². The quantitative estimate of drug-likeness (QED) is 0.691. The molecule has 6 nitrogen and oxygen atoms in total.